The number of benzene rings is 1. The van der Waals surface area contributed by atoms with Crippen molar-refractivity contribution in [3.63, 3.8) is 0 Å². The van der Waals surface area contributed by atoms with Gasteiger partial charge in [-0.05, 0) is 38.1 Å². The summed E-state index contributed by atoms with van der Waals surface area (Å²) in [6.45, 7) is 3.29. The molecule has 0 aliphatic carbocycles. The van der Waals surface area contributed by atoms with E-state index >= 15 is 0 Å². The number of aryl methyl sites for hydroxylation is 2. The summed E-state index contributed by atoms with van der Waals surface area (Å²) >= 11 is 12.1. The fraction of sp³-hybridized carbons (Fsp3) is 0.190. The summed E-state index contributed by atoms with van der Waals surface area (Å²) < 4.78 is 66.7. The van der Waals surface area contributed by atoms with Gasteiger partial charge in [0.2, 0.25) is 0 Å². The summed E-state index contributed by atoms with van der Waals surface area (Å²) in [6.07, 6.45) is -1.75. The second-order valence-corrected chi connectivity index (χ2v) is 9.64. The summed E-state index contributed by atoms with van der Waals surface area (Å²) in [6, 6.07) is 6.68. The quantitative estimate of drug-likeness (QED) is 0.460. The van der Waals surface area contributed by atoms with Gasteiger partial charge in [0.25, 0.3) is 15.9 Å². The molecule has 0 bridgehead atoms. The van der Waals surface area contributed by atoms with Gasteiger partial charge in [-0.1, -0.05) is 40.9 Å². The normalized spacial score (nSPS) is 12.3. The summed E-state index contributed by atoms with van der Waals surface area (Å²) in [7, 11) is -4.09. The number of pyridine rings is 1. The molecule has 34 heavy (non-hydrogen) atoms. The minimum Gasteiger partial charge on any atom is -0.321 e. The Kier molecular flexibility index (Phi) is 7.39. The Hall–Kier alpha value is -2.89. The van der Waals surface area contributed by atoms with E-state index in [0.29, 0.717) is 12.0 Å². The number of rotatable bonds is 6. The first-order valence-electron chi connectivity index (χ1n) is 9.53. The van der Waals surface area contributed by atoms with Crippen LogP contribution >= 0.6 is 23.2 Å². The van der Waals surface area contributed by atoms with Gasteiger partial charge < -0.3 is 4.57 Å². The molecule has 0 unspecified atom stereocenters. The van der Waals surface area contributed by atoms with Crippen LogP contribution in [0.15, 0.2) is 47.5 Å². The molecule has 1 aromatic carbocycles. The third-order valence-corrected chi connectivity index (χ3v) is 6.63. The molecule has 0 aliphatic rings. The molecule has 2 aromatic heterocycles. The van der Waals surface area contributed by atoms with Crippen LogP contribution in [0.25, 0.3) is 6.08 Å². The number of carbonyl (C=O) groups is 1. The van der Waals surface area contributed by atoms with Gasteiger partial charge in [-0.3, -0.25) is 9.78 Å². The molecule has 13 heteroatoms. The molecule has 0 aliphatic heterocycles. The first-order chi connectivity index (χ1) is 15.8. The molecule has 180 valence electrons. The van der Waals surface area contributed by atoms with Gasteiger partial charge in [0.05, 0.1) is 33.4 Å². The van der Waals surface area contributed by atoms with E-state index in [1.54, 1.807) is 26.0 Å². The Morgan fingerprint density at radius 3 is 2.41 bits per heavy atom. The average Bonchev–Trinajstić information content (AvgIpc) is 2.99. The van der Waals surface area contributed by atoms with Crippen LogP contribution in [-0.2, 0) is 27.5 Å². The second-order valence-electron chi connectivity index (χ2n) is 7.19. The lowest BCUT2D eigenvalue weighted by atomic mass is 10.2. The van der Waals surface area contributed by atoms with Crippen LogP contribution < -0.4 is 4.72 Å². The molecular weight excluding hydrogens is 516 g/mol. The first-order valence-corrected chi connectivity index (χ1v) is 11.8. The van der Waals surface area contributed by atoms with E-state index in [1.165, 1.54) is 22.8 Å². The molecule has 3 rings (SSSR count). The summed E-state index contributed by atoms with van der Waals surface area (Å²) in [5.41, 5.74) is 0.187. The predicted molar refractivity (Wildman–Crippen MR) is 121 cm³/mol. The van der Waals surface area contributed by atoms with Crippen molar-refractivity contribution in [2.75, 3.05) is 0 Å². The SMILES string of the molecule is Cc1ccc(S(=O)(=O)NC(=O)C=Cc2c(Cl)nc(C)n2Cc2ncc(C(F)(F)F)cc2Cl)cc1. The van der Waals surface area contributed by atoms with Gasteiger partial charge in [-0.25, -0.2) is 18.1 Å². The number of sulfonamides is 1. The van der Waals surface area contributed by atoms with Gasteiger partial charge in [0.1, 0.15) is 5.82 Å². The van der Waals surface area contributed by atoms with Crippen LogP contribution in [0, 0.1) is 13.8 Å². The lowest BCUT2D eigenvalue weighted by molar-refractivity contribution is -0.137. The molecule has 0 spiro atoms. The van der Waals surface area contributed by atoms with Gasteiger partial charge >= 0.3 is 6.18 Å². The monoisotopic (exact) mass is 532 g/mol. The lowest BCUT2D eigenvalue weighted by Gasteiger charge is -2.12. The minimum absolute atomic E-state index is 0.00836. The van der Waals surface area contributed by atoms with Crippen LogP contribution in [0.3, 0.4) is 0 Å². The number of hydrogen-bond acceptors (Lipinski definition) is 5. The smallest absolute Gasteiger partial charge is 0.321 e. The molecule has 0 fully saturated rings. The van der Waals surface area contributed by atoms with Crippen molar-refractivity contribution in [1.29, 1.82) is 0 Å². The molecule has 2 heterocycles. The number of aromatic nitrogens is 3. The molecule has 1 amide bonds. The molecule has 0 saturated carbocycles. The fourth-order valence-corrected chi connectivity index (χ4v) is 4.35. The maximum Gasteiger partial charge on any atom is 0.417 e. The van der Waals surface area contributed by atoms with E-state index in [-0.39, 0.29) is 33.0 Å². The van der Waals surface area contributed by atoms with Crippen molar-refractivity contribution in [2.45, 2.75) is 31.5 Å². The number of alkyl halides is 3. The third kappa shape index (κ3) is 5.96. The largest absolute Gasteiger partial charge is 0.417 e. The van der Waals surface area contributed by atoms with E-state index in [1.807, 2.05) is 4.72 Å². The topological polar surface area (TPSA) is 94.0 Å². The third-order valence-electron chi connectivity index (χ3n) is 4.66. The summed E-state index contributed by atoms with van der Waals surface area (Å²) in [5.74, 6) is -0.567. The average molecular weight is 533 g/mol. The van der Waals surface area contributed by atoms with Gasteiger partial charge in [0.15, 0.2) is 5.15 Å². The van der Waals surface area contributed by atoms with Gasteiger partial charge in [-0.15, -0.1) is 0 Å². The highest BCUT2D eigenvalue weighted by Gasteiger charge is 2.31. The summed E-state index contributed by atoms with van der Waals surface area (Å²) in [5, 5.41) is -0.220. The zero-order valence-electron chi connectivity index (χ0n) is 17.7. The Balaban J connectivity index is 1.82. The van der Waals surface area contributed by atoms with Crippen LogP contribution in [0.1, 0.15) is 28.3 Å². The zero-order valence-corrected chi connectivity index (χ0v) is 20.0. The van der Waals surface area contributed by atoms with Crippen molar-refractivity contribution >= 4 is 45.2 Å². The number of amides is 1. The second kappa shape index (κ2) is 9.77. The maximum absolute atomic E-state index is 12.9. The van der Waals surface area contributed by atoms with E-state index in [4.69, 9.17) is 23.2 Å². The number of halogens is 5. The molecular formula is C21H17Cl2F3N4O3S. The van der Waals surface area contributed by atoms with E-state index in [0.717, 1.165) is 17.7 Å². The lowest BCUT2D eigenvalue weighted by Crippen LogP contribution is -2.29. The summed E-state index contributed by atoms with van der Waals surface area (Å²) in [4.78, 5) is 20.0. The predicted octanol–water partition coefficient (Wildman–Crippen LogP) is 4.79. The van der Waals surface area contributed by atoms with Crippen molar-refractivity contribution in [3.8, 4) is 0 Å². The zero-order chi connectivity index (χ0) is 25.3. The number of hydrogen-bond donors (Lipinski definition) is 1. The Morgan fingerprint density at radius 2 is 1.82 bits per heavy atom. The van der Waals surface area contributed by atoms with Crippen molar-refractivity contribution in [1.82, 2.24) is 19.3 Å². The minimum atomic E-state index is -4.59. The number of nitrogens with zero attached hydrogens (tertiary/aromatic N) is 3. The highest BCUT2D eigenvalue weighted by molar-refractivity contribution is 7.90. The van der Waals surface area contributed by atoms with E-state index in [9.17, 15) is 26.4 Å². The molecule has 7 nitrogen and oxygen atoms in total. The molecule has 3 aromatic rings. The highest BCUT2D eigenvalue weighted by Crippen LogP contribution is 2.31. The van der Waals surface area contributed by atoms with E-state index in [2.05, 4.69) is 9.97 Å². The molecule has 0 atom stereocenters. The van der Waals surface area contributed by atoms with Gasteiger partial charge in [-0.2, -0.15) is 13.2 Å². The maximum atomic E-state index is 12.9. The van der Waals surface area contributed by atoms with Crippen molar-refractivity contribution < 1.29 is 26.4 Å². The van der Waals surface area contributed by atoms with Gasteiger partial charge in [0, 0.05) is 12.3 Å². The Labute approximate surface area is 203 Å². The Bertz CT molecular complexity index is 1370. The van der Waals surface area contributed by atoms with Crippen molar-refractivity contribution in [3.05, 3.63) is 81.1 Å². The number of nitrogens with one attached hydrogen (secondary N) is 1. The van der Waals surface area contributed by atoms with Crippen LogP contribution in [-0.4, -0.2) is 28.9 Å². The fourth-order valence-electron chi connectivity index (χ4n) is 2.89. The molecule has 0 saturated heterocycles. The first kappa shape index (κ1) is 25.7. The number of carbonyl (C=O) groups excluding carboxylic acids is 1. The standard InChI is InChI=1S/C21H17Cl2F3N4O3S/c1-12-3-5-15(6-4-12)34(32,33)29-19(31)8-7-18-20(23)28-13(2)30(18)11-17-16(22)9-14(10-27-17)21(24,25)26/h3-10H,11H2,1-2H3,(H,29,31). The Morgan fingerprint density at radius 1 is 1.18 bits per heavy atom. The molecule has 1 N–H and O–H groups in total. The molecule has 0 radical (unpaired) electrons. The van der Waals surface area contributed by atoms with Crippen LogP contribution in [0.2, 0.25) is 10.2 Å². The van der Waals surface area contributed by atoms with Crippen LogP contribution in [0.5, 0.6) is 0 Å². The van der Waals surface area contributed by atoms with E-state index < -0.39 is 27.7 Å². The van der Waals surface area contributed by atoms with Crippen LogP contribution in [0.4, 0.5) is 13.2 Å². The van der Waals surface area contributed by atoms with Crippen molar-refractivity contribution in [2.24, 2.45) is 0 Å². The number of imidazole rings is 1. The highest BCUT2D eigenvalue weighted by atomic mass is 35.5.